The fraction of sp³-hybridized carbons (Fsp3) is 0.341. The zero-order valence-electron chi connectivity index (χ0n) is 32.4. The molecule has 330 valence electrons. The third kappa shape index (κ3) is 5.11. The number of aliphatic hydroxyl groups excluding tert-OH is 6. The number of carboxylic acid groups (broad SMARTS) is 1. The normalized spacial score (nSPS) is 34.7. The fourth-order valence-corrected chi connectivity index (χ4v) is 10.8. The molecule has 0 heterocycles. The number of nitrogens with one attached hydrogen (secondary N) is 1. The SMILES string of the molecule is CC[C@@H]1c2ccc(NC(=O)C3=C(O)[C@@]4(O)C(=O)C5=C(O)c6c(O)cccc6[C@@H](C(=O)O)[C@H]5[C@H](O)[C@H]4[C@H](N)C3=O)c(O)c2C(O)=C2C(=O)[C@]3(O)C(O)=C(C(N)=O)C(=O)[C@@H](N)[C@@H]3[C@@H](O)[C@@H]21. The van der Waals surface area contributed by atoms with E-state index in [9.17, 15) is 89.7 Å². The summed E-state index contributed by atoms with van der Waals surface area (Å²) < 4.78 is 0. The number of nitrogens with two attached hydrogens (primary N) is 3. The van der Waals surface area contributed by atoms with Gasteiger partial charge in [0.2, 0.25) is 11.6 Å². The summed E-state index contributed by atoms with van der Waals surface area (Å²) in [5, 5.41) is 127. The number of aromatic hydroxyl groups is 2. The highest BCUT2D eigenvalue weighted by Crippen LogP contribution is 2.58. The Morgan fingerprint density at radius 2 is 1.22 bits per heavy atom. The number of primary amides is 1. The minimum atomic E-state index is -3.50. The van der Waals surface area contributed by atoms with Crippen LogP contribution in [0.25, 0.3) is 11.5 Å². The summed E-state index contributed by atoms with van der Waals surface area (Å²) in [7, 11) is 0. The van der Waals surface area contributed by atoms with Crippen LogP contribution in [0.2, 0.25) is 0 Å². The van der Waals surface area contributed by atoms with Gasteiger partial charge in [0.25, 0.3) is 11.8 Å². The van der Waals surface area contributed by atoms with E-state index in [1.165, 1.54) is 18.2 Å². The summed E-state index contributed by atoms with van der Waals surface area (Å²) in [6, 6.07) is 1.50. The molecule has 6 aliphatic rings. The largest absolute Gasteiger partial charge is 0.508 e. The van der Waals surface area contributed by atoms with Gasteiger partial charge >= 0.3 is 5.97 Å². The van der Waals surface area contributed by atoms with Gasteiger partial charge in [0.05, 0.1) is 58.9 Å². The van der Waals surface area contributed by atoms with Gasteiger partial charge in [-0.3, -0.25) is 33.6 Å². The summed E-state index contributed by atoms with van der Waals surface area (Å²) >= 11 is 0. The van der Waals surface area contributed by atoms with Crippen molar-refractivity contribution in [2.45, 2.75) is 60.7 Å². The Morgan fingerprint density at radius 1 is 0.714 bits per heavy atom. The molecule has 2 aromatic rings. The number of amides is 2. The topological polar surface area (TPSA) is 432 Å². The summed E-state index contributed by atoms with van der Waals surface area (Å²) in [4.78, 5) is 94.1. The van der Waals surface area contributed by atoms with Crippen molar-refractivity contribution in [2.75, 3.05) is 5.32 Å². The number of ketones is 4. The second-order valence-electron chi connectivity index (χ2n) is 16.3. The van der Waals surface area contributed by atoms with E-state index < -0.39 is 186 Å². The Balaban J connectivity index is 1.22. The average Bonchev–Trinajstić information content (AvgIpc) is 3.21. The molecule has 6 aliphatic carbocycles. The number of benzene rings is 2. The van der Waals surface area contributed by atoms with E-state index in [0.717, 1.165) is 12.1 Å². The lowest BCUT2D eigenvalue weighted by Gasteiger charge is -2.52. The third-order valence-corrected chi connectivity index (χ3v) is 13.6. The van der Waals surface area contributed by atoms with Crippen molar-refractivity contribution in [3.05, 3.63) is 86.4 Å². The van der Waals surface area contributed by atoms with E-state index in [1.807, 2.05) is 0 Å². The molecule has 2 fully saturated rings. The van der Waals surface area contributed by atoms with Crippen LogP contribution in [0.5, 0.6) is 11.5 Å². The molecule has 0 unspecified atom stereocenters. The number of fused-ring (bicyclic) bond motifs is 6. The molecule has 0 spiro atoms. The molecule has 0 aliphatic heterocycles. The van der Waals surface area contributed by atoms with Crippen LogP contribution in [0, 0.1) is 23.7 Å². The van der Waals surface area contributed by atoms with Crippen molar-refractivity contribution in [3.8, 4) is 11.5 Å². The van der Waals surface area contributed by atoms with Crippen LogP contribution in [0.3, 0.4) is 0 Å². The number of carbonyl (C=O) groups is 7. The third-order valence-electron chi connectivity index (χ3n) is 13.6. The van der Waals surface area contributed by atoms with Gasteiger partial charge in [0, 0.05) is 23.0 Å². The zero-order chi connectivity index (χ0) is 46.4. The Bertz CT molecular complexity index is 2720. The molecule has 0 saturated heterocycles. The van der Waals surface area contributed by atoms with Crippen molar-refractivity contribution in [3.63, 3.8) is 0 Å². The number of phenols is 2. The molecular formula is C41H38N4O18. The van der Waals surface area contributed by atoms with Crippen molar-refractivity contribution in [1.29, 1.82) is 0 Å². The molecule has 0 bridgehead atoms. The van der Waals surface area contributed by atoms with E-state index >= 15 is 0 Å². The first-order chi connectivity index (χ1) is 29.4. The molecule has 22 nitrogen and oxygen atoms in total. The maximum absolute atomic E-state index is 14.3. The number of aliphatic hydroxyl groups is 8. The second kappa shape index (κ2) is 13.8. The quantitative estimate of drug-likeness (QED) is 0.111. The van der Waals surface area contributed by atoms with E-state index in [1.54, 1.807) is 6.92 Å². The monoisotopic (exact) mass is 874 g/mol. The molecule has 2 saturated carbocycles. The first-order valence-corrected chi connectivity index (χ1v) is 19.2. The lowest BCUT2D eigenvalue weighted by atomic mass is 9.54. The molecule has 12 atom stereocenters. The van der Waals surface area contributed by atoms with Crippen molar-refractivity contribution in [1.82, 2.24) is 0 Å². The van der Waals surface area contributed by atoms with Crippen molar-refractivity contribution in [2.24, 2.45) is 40.9 Å². The lowest BCUT2D eigenvalue weighted by Crippen LogP contribution is -2.70. The number of phenolic OH excluding ortho intramolecular Hbond substituents is 2. The standard InChI is InChI=1S/C41H38N4O18/c1-2-8-9-6-7-11(26(47)16(9)28(49)18-14(8)29(50)22-24(42)31(52)20(37(44)58)35(56)40(22,62)33(18)54)45-38(59)21-32(53)25(43)23-30(51)17-15(39(60)61)10-4-3-5-12(46)13(10)27(48)19(17)34(55)41(23,63)36(21)57/h3-8,14-15,17,22-25,29-30,46-51,56-57,62-63H,2,42-43H2,1H3,(H2,44,58)(H,45,59)(H,60,61)/t8-,14-,15-,17-,22-,23-,24+,25+,29+,30+,40+,41+/m1/s1. The van der Waals surface area contributed by atoms with Crippen LogP contribution in [-0.4, -0.2) is 133 Å². The van der Waals surface area contributed by atoms with Gasteiger partial charge in [-0.15, -0.1) is 0 Å². The molecule has 8 rings (SSSR count). The predicted molar refractivity (Wildman–Crippen MR) is 208 cm³/mol. The summed E-state index contributed by atoms with van der Waals surface area (Å²) in [5.41, 5.74) is 4.16. The number of hydrogen-bond acceptors (Lipinski definition) is 19. The second-order valence-corrected chi connectivity index (χ2v) is 16.3. The number of anilines is 1. The number of aliphatic carboxylic acids is 1. The first-order valence-electron chi connectivity index (χ1n) is 19.2. The summed E-state index contributed by atoms with van der Waals surface area (Å²) in [6.07, 6.45) is -4.25. The van der Waals surface area contributed by atoms with Gasteiger partial charge in [-0.05, 0) is 35.6 Å². The summed E-state index contributed by atoms with van der Waals surface area (Å²) in [6.45, 7) is 1.57. The number of carboxylic acids is 1. The van der Waals surface area contributed by atoms with Crippen molar-refractivity contribution < 1.29 is 89.7 Å². The van der Waals surface area contributed by atoms with Crippen LogP contribution < -0.4 is 22.5 Å². The Labute approximate surface area is 352 Å². The van der Waals surface area contributed by atoms with Gasteiger partial charge < -0.3 is 78.7 Å². The fourth-order valence-electron chi connectivity index (χ4n) is 10.8. The number of hydrogen-bond donors (Lipinski definition) is 15. The zero-order valence-corrected chi connectivity index (χ0v) is 32.4. The Kier molecular flexibility index (Phi) is 9.34. The van der Waals surface area contributed by atoms with Gasteiger partial charge in [-0.2, -0.15) is 0 Å². The number of Topliss-reactive ketones (excluding diaryl/α,β-unsaturated/α-hetero) is 4. The maximum Gasteiger partial charge on any atom is 0.311 e. The predicted octanol–water partition coefficient (Wildman–Crippen LogP) is -2.29. The molecular weight excluding hydrogens is 836 g/mol. The maximum atomic E-state index is 14.3. The van der Waals surface area contributed by atoms with E-state index in [-0.39, 0.29) is 17.5 Å². The van der Waals surface area contributed by atoms with Crippen LogP contribution in [0.15, 0.2) is 64.1 Å². The summed E-state index contributed by atoms with van der Waals surface area (Å²) in [5.74, 6) is -28.6. The average molecular weight is 875 g/mol. The minimum Gasteiger partial charge on any atom is -0.508 e. The molecule has 0 radical (unpaired) electrons. The molecule has 22 heteroatoms. The number of carbonyl (C=O) groups excluding carboxylic acids is 6. The van der Waals surface area contributed by atoms with Crippen LogP contribution >= 0.6 is 0 Å². The van der Waals surface area contributed by atoms with Gasteiger partial charge in [0.15, 0.2) is 22.8 Å². The lowest BCUT2D eigenvalue weighted by molar-refractivity contribution is -0.165. The highest BCUT2D eigenvalue weighted by molar-refractivity contribution is 6.28. The van der Waals surface area contributed by atoms with Crippen LogP contribution in [-0.2, 0) is 33.6 Å². The molecule has 63 heavy (non-hydrogen) atoms. The van der Waals surface area contributed by atoms with Crippen LogP contribution in [0.1, 0.15) is 47.4 Å². The first kappa shape index (κ1) is 42.7. The highest BCUT2D eigenvalue weighted by Gasteiger charge is 2.70. The van der Waals surface area contributed by atoms with Crippen LogP contribution in [0.4, 0.5) is 5.69 Å². The van der Waals surface area contributed by atoms with E-state index in [2.05, 4.69) is 5.32 Å². The number of rotatable bonds is 5. The van der Waals surface area contributed by atoms with Crippen molar-refractivity contribution >= 4 is 58.1 Å². The Hall–Kier alpha value is -6.95. The Morgan fingerprint density at radius 3 is 1.76 bits per heavy atom. The van der Waals surface area contributed by atoms with Gasteiger partial charge in [-0.25, -0.2) is 0 Å². The van der Waals surface area contributed by atoms with E-state index in [4.69, 9.17) is 17.2 Å². The molecule has 18 N–H and O–H groups in total. The molecule has 0 aromatic heterocycles. The smallest absolute Gasteiger partial charge is 0.311 e. The van der Waals surface area contributed by atoms with Gasteiger partial charge in [-0.1, -0.05) is 25.1 Å². The molecule has 2 amide bonds. The van der Waals surface area contributed by atoms with E-state index in [0.29, 0.717) is 0 Å². The minimum absolute atomic E-state index is 0.0176. The molecule has 2 aromatic carbocycles. The van der Waals surface area contributed by atoms with Gasteiger partial charge in [0.1, 0.15) is 45.7 Å². The highest BCUT2D eigenvalue weighted by atomic mass is 16.4.